The quantitative estimate of drug-likeness (QED) is 0.885. The molecule has 2 atom stereocenters. The highest BCUT2D eigenvalue weighted by molar-refractivity contribution is 5.41. The summed E-state index contributed by atoms with van der Waals surface area (Å²) in [6.07, 6.45) is 0.199. The molecule has 0 bridgehead atoms. The Morgan fingerprint density at radius 3 is 2.63 bits per heavy atom. The molecule has 0 aliphatic carbocycles. The first kappa shape index (κ1) is 12.2. The lowest BCUT2D eigenvalue weighted by Gasteiger charge is -2.20. The second-order valence-electron chi connectivity index (χ2n) is 4.85. The van der Waals surface area contributed by atoms with Gasteiger partial charge in [0.2, 0.25) is 0 Å². The fourth-order valence-electron chi connectivity index (χ4n) is 2.46. The summed E-state index contributed by atoms with van der Waals surface area (Å²) in [5.74, 6) is 0.921. The van der Waals surface area contributed by atoms with E-state index in [-0.39, 0.29) is 0 Å². The first-order valence-corrected chi connectivity index (χ1v) is 6.50. The molecule has 1 heterocycles. The Labute approximate surface area is 112 Å². The number of aliphatic hydroxyl groups excluding tert-OH is 1. The van der Waals surface area contributed by atoms with Crippen LogP contribution in [-0.2, 0) is 6.42 Å². The van der Waals surface area contributed by atoms with Crippen LogP contribution in [0.4, 0.5) is 0 Å². The third-order valence-electron chi connectivity index (χ3n) is 3.58. The fourth-order valence-corrected chi connectivity index (χ4v) is 2.46. The maximum absolute atomic E-state index is 10.4. The third kappa shape index (κ3) is 2.35. The van der Waals surface area contributed by atoms with E-state index in [0.29, 0.717) is 0 Å². The largest absolute Gasteiger partial charge is 0.493 e. The molecule has 2 aromatic rings. The van der Waals surface area contributed by atoms with Gasteiger partial charge in [-0.15, -0.1) is 0 Å². The lowest BCUT2D eigenvalue weighted by atomic mass is 9.95. The molecule has 0 amide bonds. The summed E-state index contributed by atoms with van der Waals surface area (Å²) in [7, 11) is 0. The molecule has 3 heteroatoms. The monoisotopic (exact) mass is 255 g/mol. The van der Waals surface area contributed by atoms with Crippen molar-refractivity contribution in [2.45, 2.75) is 18.6 Å². The van der Waals surface area contributed by atoms with Crippen LogP contribution in [0.3, 0.4) is 0 Å². The molecule has 98 valence electrons. The van der Waals surface area contributed by atoms with E-state index in [1.165, 1.54) is 0 Å². The van der Waals surface area contributed by atoms with E-state index in [4.69, 9.17) is 10.5 Å². The number of rotatable bonds is 3. The van der Waals surface area contributed by atoms with Crippen molar-refractivity contribution in [2.24, 2.45) is 5.73 Å². The number of aliphatic hydroxyl groups is 1. The first-order chi connectivity index (χ1) is 9.25. The van der Waals surface area contributed by atoms with Crippen LogP contribution in [0.5, 0.6) is 5.75 Å². The molecule has 1 aliphatic rings. The lowest BCUT2D eigenvalue weighted by molar-refractivity contribution is 0.147. The van der Waals surface area contributed by atoms with Gasteiger partial charge < -0.3 is 15.6 Å². The molecule has 0 radical (unpaired) electrons. The topological polar surface area (TPSA) is 55.5 Å². The van der Waals surface area contributed by atoms with Gasteiger partial charge in [0.05, 0.1) is 18.8 Å². The lowest BCUT2D eigenvalue weighted by Crippen LogP contribution is -2.19. The molecule has 19 heavy (non-hydrogen) atoms. The zero-order valence-corrected chi connectivity index (χ0v) is 10.6. The standard InChI is InChI=1S/C16H17NO2/c17-15(11-4-2-1-3-5-11)16(18)13-6-7-14-12(10-13)8-9-19-14/h1-7,10,15-16,18H,8-9,17H2. The highest BCUT2D eigenvalue weighted by Gasteiger charge is 2.21. The van der Waals surface area contributed by atoms with Crippen molar-refractivity contribution in [1.29, 1.82) is 0 Å². The Hall–Kier alpha value is -1.84. The Balaban J connectivity index is 1.86. The highest BCUT2D eigenvalue weighted by atomic mass is 16.5. The van der Waals surface area contributed by atoms with E-state index in [1.54, 1.807) is 0 Å². The van der Waals surface area contributed by atoms with E-state index >= 15 is 0 Å². The minimum atomic E-state index is -0.701. The zero-order valence-electron chi connectivity index (χ0n) is 10.6. The van der Waals surface area contributed by atoms with Crippen LogP contribution >= 0.6 is 0 Å². The van der Waals surface area contributed by atoms with Crippen molar-refractivity contribution >= 4 is 0 Å². The molecule has 0 fully saturated rings. The van der Waals surface area contributed by atoms with Crippen LogP contribution in [0.25, 0.3) is 0 Å². The van der Waals surface area contributed by atoms with Crippen molar-refractivity contribution in [1.82, 2.24) is 0 Å². The normalized spacial score (nSPS) is 16.5. The molecule has 2 aromatic carbocycles. The summed E-state index contributed by atoms with van der Waals surface area (Å²) in [5.41, 5.74) is 9.07. The third-order valence-corrected chi connectivity index (χ3v) is 3.58. The second kappa shape index (κ2) is 5.03. The van der Waals surface area contributed by atoms with Gasteiger partial charge in [-0.05, 0) is 28.8 Å². The number of hydrogen-bond acceptors (Lipinski definition) is 3. The summed E-state index contributed by atoms with van der Waals surface area (Å²) in [6.45, 7) is 0.722. The van der Waals surface area contributed by atoms with Gasteiger partial charge in [0.1, 0.15) is 5.75 Å². The summed E-state index contributed by atoms with van der Waals surface area (Å²) in [6, 6.07) is 15.1. The van der Waals surface area contributed by atoms with Gasteiger partial charge in [0.25, 0.3) is 0 Å². The van der Waals surface area contributed by atoms with Crippen molar-refractivity contribution in [3.63, 3.8) is 0 Å². The van der Waals surface area contributed by atoms with Crippen molar-refractivity contribution in [3.8, 4) is 5.75 Å². The maximum atomic E-state index is 10.4. The van der Waals surface area contributed by atoms with Crippen LogP contribution in [-0.4, -0.2) is 11.7 Å². The molecule has 3 nitrogen and oxygen atoms in total. The van der Waals surface area contributed by atoms with E-state index in [2.05, 4.69) is 0 Å². The van der Waals surface area contributed by atoms with Crippen LogP contribution in [0.15, 0.2) is 48.5 Å². The molecule has 2 unspecified atom stereocenters. The Morgan fingerprint density at radius 1 is 1.05 bits per heavy atom. The van der Waals surface area contributed by atoms with Gasteiger partial charge in [-0.25, -0.2) is 0 Å². The van der Waals surface area contributed by atoms with Crippen molar-refractivity contribution in [3.05, 3.63) is 65.2 Å². The minimum absolute atomic E-state index is 0.415. The summed E-state index contributed by atoms with van der Waals surface area (Å²) >= 11 is 0. The van der Waals surface area contributed by atoms with Crippen LogP contribution < -0.4 is 10.5 Å². The van der Waals surface area contributed by atoms with E-state index in [1.807, 2.05) is 48.5 Å². The number of benzene rings is 2. The summed E-state index contributed by atoms with van der Waals surface area (Å²) in [4.78, 5) is 0. The molecule has 1 aliphatic heterocycles. The molecule has 0 saturated heterocycles. The highest BCUT2D eigenvalue weighted by Crippen LogP contribution is 2.32. The predicted molar refractivity (Wildman–Crippen MR) is 74.0 cm³/mol. The Kier molecular flexibility index (Phi) is 3.23. The van der Waals surface area contributed by atoms with Crippen LogP contribution in [0.1, 0.15) is 28.8 Å². The smallest absolute Gasteiger partial charge is 0.122 e. The SMILES string of the molecule is NC(c1ccccc1)C(O)c1ccc2c(c1)CCO2. The van der Waals surface area contributed by atoms with Crippen LogP contribution in [0.2, 0.25) is 0 Å². The molecule has 0 aromatic heterocycles. The minimum Gasteiger partial charge on any atom is -0.493 e. The zero-order chi connectivity index (χ0) is 13.2. The molecule has 0 saturated carbocycles. The van der Waals surface area contributed by atoms with Gasteiger partial charge in [-0.2, -0.15) is 0 Å². The second-order valence-corrected chi connectivity index (χ2v) is 4.85. The van der Waals surface area contributed by atoms with E-state index in [0.717, 1.165) is 35.5 Å². The molecular formula is C16H17NO2. The summed E-state index contributed by atoms with van der Waals surface area (Å²) in [5, 5.41) is 10.4. The number of nitrogens with two attached hydrogens (primary N) is 1. The van der Waals surface area contributed by atoms with Crippen molar-refractivity contribution in [2.75, 3.05) is 6.61 Å². The maximum Gasteiger partial charge on any atom is 0.122 e. The van der Waals surface area contributed by atoms with Gasteiger partial charge in [0, 0.05) is 6.42 Å². The number of fused-ring (bicyclic) bond motifs is 1. The molecule has 0 spiro atoms. The molecule has 3 rings (SSSR count). The molecular weight excluding hydrogens is 238 g/mol. The Morgan fingerprint density at radius 2 is 1.84 bits per heavy atom. The van der Waals surface area contributed by atoms with E-state index < -0.39 is 12.1 Å². The fraction of sp³-hybridized carbons (Fsp3) is 0.250. The average Bonchev–Trinajstić information content (AvgIpc) is 2.94. The molecule has 3 N–H and O–H groups in total. The number of ether oxygens (including phenoxy) is 1. The average molecular weight is 255 g/mol. The predicted octanol–water partition coefficient (Wildman–Crippen LogP) is 2.35. The summed E-state index contributed by atoms with van der Waals surface area (Å²) < 4.78 is 5.47. The number of hydrogen-bond donors (Lipinski definition) is 2. The van der Waals surface area contributed by atoms with Crippen LogP contribution in [0, 0.1) is 0 Å². The van der Waals surface area contributed by atoms with Gasteiger partial charge in [-0.3, -0.25) is 0 Å². The Bertz CT molecular complexity index is 568. The van der Waals surface area contributed by atoms with Crippen molar-refractivity contribution < 1.29 is 9.84 Å². The first-order valence-electron chi connectivity index (χ1n) is 6.50. The van der Waals surface area contributed by atoms with Gasteiger partial charge in [-0.1, -0.05) is 36.4 Å². The van der Waals surface area contributed by atoms with Gasteiger partial charge >= 0.3 is 0 Å². The van der Waals surface area contributed by atoms with Gasteiger partial charge in [0.15, 0.2) is 0 Å². The van der Waals surface area contributed by atoms with E-state index in [9.17, 15) is 5.11 Å².